The molecule has 0 aliphatic carbocycles. The molecule has 0 aromatic carbocycles. The number of nitrogens with two attached hydrogens (primary N) is 1. The Kier molecular flexibility index (Phi) is 5.13. The fraction of sp³-hybridized carbons (Fsp3) is 0.625. The van der Waals surface area contributed by atoms with E-state index in [4.69, 9.17) is 5.84 Å². The molecule has 1 atom stereocenters. The van der Waals surface area contributed by atoms with E-state index in [-0.39, 0.29) is 12.6 Å². The number of nitrogens with zero attached hydrogens (tertiary/aromatic N) is 1. The monoisotopic (exact) mass is 255 g/mol. The number of hydrogen-bond donors (Lipinski definition) is 2. The van der Waals surface area contributed by atoms with Crippen LogP contribution in [0.15, 0.2) is 11.6 Å². The van der Waals surface area contributed by atoms with E-state index < -0.39 is 12.8 Å². The van der Waals surface area contributed by atoms with Crippen LogP contribution in [0.4, 0.5) is 13.2 Å². The van der Waals surface area contributed by atoms with Crippen LogP contribution in [0.1, 0.15) is 5.01 Å². The molecule has 0 amide bonds. The van der Waals surface area contributed by atoms with E-state index in [1.807, 2.05) is 0 Å². The Hall–Kier alpha value is -0.700. The highest BCUT2D eigenvalue weighted by molar-refractivity contribution is 7.09. The molecule has 0 bridgehead atoms. The molecule has 0 radical (unpaired) electrons. The van der Waals surface area contributed by atoms with Gasteiger partial charge in [0.1, 0.15) is 6.61 Å². The lowest BCUT2D eigenvalue weighted by atomic mass is 10.2. The van der Waals surface area contributed by atoms with Gasteiger partial charge < -0.3 is 4.74 Å². The number of rotatable bonds is 6. The minimum atomic E-state index is -4.31. The topological polar surface area (TPSA) is 60.2 Å². The molecule has 1 aromatic heterocycles. The molecule has 4 nitrogen and oxygen atoms in total. The third kappa shape index (κ3) is 5.40. The fourth-order valence-corrected chi connectivity index (χ4v) is 1.75. The second kappa shape index (κ2) is 6.14. The fourth-order valence-electron chi connectivity index (χ4n) is 1.05. The van der Waals surface area contributed by atoms with E-state index in [0.717, 1.165) is 5.01 Å². The Balaban J connectivity index is 2.27. The van der Waals surface area contributed by atoms with Crippen LogP contribution in [0.3, 0.4) is 0 Å². The third-order valence-corrected chi connectivity index (χ3v) is 2.53. The average Bonchev–Trinajstić information content (AvgIpc) is 2.67. The summed E-state index contributed by atoms with van der Waals surface area (Å²) < 4.78 is 39.9. The minimum Gasteiger partial charge on any atom is -0.370 e. The highest BCUT2D eigenvalue weighted by Crippen LogP contribution is 2.15. The lowest BCUT2D eigenvalue weighted by molar-refractivity contribution is -0.175. The molecule has 92 valence electrons. The molecule has 1 rings (SSSR count). The van der Waals surface area contributed by atoms with Crippen LogP contribution in [0.25, 0.3) is 0 Å². The van der Waals surface area contributed by atoms with Crippen LogP contribution in [-0.2, 0) is 11.2 Å². The van der Waals surface area contributed by atoms with Gasteiger partial charge in [0, 0.05) is 18.0 Å². The molecular formula is C8H12F3N3OS. The summed E-state index contributed by atoms with van der Waals surface area (Å²) >= 11 is 1.42. The predicted molar refractivity (Wildman–Crippen MR) is 53.8 cm³/mol. The largest absolute Gasteiger partial charge is 0.411 e. The van der Waals surface area contributed by atoms with Gasteiger partial charge in [0.2, 0.25) is 0 Å². The number of nitrogens with one attached hydrogen (secondary N) is 1. The number of halogens is 3. The third-order valence-electron chi connectivity index (χ3n) is 1.72. The SMILES string of the molecule is NNC(COCC(F)(F)F)Cc1nccs1. The van der Waals surface area contributed by atoms with Crippen LogP contribution < -0.4 is 11.3 Å². The molecule has 0 aliphatic heterocycles. The zero-order valence-corrected chi connectivity index (χ0v) is 9.14. The first-order valence-electron chi connectivity index (χ1n) is 4.50. The van der Waals surface area contributed by atoms with Gasteiger partial charge in [-0.1, -0.05) is 0 Å². The summed E-state index contributed by atoms with van der Waals surface area (Å²) in [6, 6.07) is -0.367. The summed E-state index contributed by atoms with van der Waals surface area (Å²) in [5.41, 5.74) is 2.40. The first-order valence-corrected chi connectivity index (χ1v) is 5.38. The van der Waals surface area contributed by atoms with E-state index in [0.29, 0.717) is 6.42 Å². The average molecular weight is 255 g/mol. The normalized spacial score (nSPS) is 14.0. The number of hydrazine groups is 1. The zero-order chi connectivity index (χ0) is 12.0. The van der Waals surface area contributed by atoms with Gasteiger partial charge in [-0.05, 0) is 0 Å². The second-order valence-electron chi connectivity index (χ2n) is 3.12. The summed E-state index contributed by atoms with van der Waals surface area (Å²) in [4.78, 5) is 4.01. The van der Waals surface area contributed by atoms with E-state index >= 15 is 0 Å². The highest BCUT2D eigenvalue weighted by Gasteiger charge is 2.27. The van der Waals surface area contributed by atoms with E-state index in [1.54, 1.807) is 11.6 Å². The first-order chi connectivity index (χ1) is 7.51. The summed E-state index contributed by atoms with van der Waals surface area (Å²) in [6.45, 7) is -1.36. The molecule has 0 saturated carbocycles. The summed E-state index contributed by atoms with van der Waals surface area (Å²) in [5.74, 6) is 5.20. The zero-order valence-electron chi connectivity index (χ0n) is 8.33. The molecule has 16 heavy (non-hydrogen) atoms. The van der Waals surface area contributed by atoms with Gasteiger partial charge in [-0.15, -0.1) is 11.3 Å². The van der Waals surface area contributed by atoms with Crippen LogP contribution in [0.2, 0.25) is 0 Å². The van der Waals surface area contributed by atoms with Crippen molar-refractivity contribution in [3.63, 3.8) is 0 Å². The van der Waals surface area contributed by atoms with Crippen molar-refractivity contribution in [1.29, 1.82) is 0 Å². The van der Waals surface area contributed by atoms with Crippen molar-refractivity contribution in [1.82, 2.24) is 10.4 Å². The maximum absolute atomic E-state index is 11.8. The maximum Gasteiger partial charge on any atom is 0.411 e. The maximum atomic E-state index is 11.8. The van der Waals surface area contributed by atoms with Crippen LogP contribution in [0.5, 0.6) is 0 Å². The smallest absolute Gasteiger partial charge is 0.370 e. The molecule has 1 aromatic rings. The number of ether oxygens (including phenoxy) is 1. The predicted octanol–water partition coefficient (Wildman–Crippen LogP) is 1.10. The van der Waals surface area contributed by atoms with E-state index in [9.17, 15) is 13.2 Å². The van der Waals surface area contributed by atoms with E-state index in [2.05, 4.69) is 15.1 Å². The van der Waals surface area contributed by atoms with Crippen molar-refractivity contribution < 1.29 is 17.9 Å². The lowest BCUT2D eigenvalue weighted by Gasteiger charge is -2.15. The van der Waals surface area contributed by atoms with Crippen molar-refractivity contribution >= 4 is 11.3 Å². The van der Waals surface area contributed by atoms with Crippen molar-refractivity contribution in [2.75, 3.05) is 13.2 Å². The standard InChI is InChI=1S/C8H12F3N3OS/c9-8(10,11)5-15-4-6(14-12)3-7-13-1-2-16-7/h1-2,6,14H,3-5,12H2. The van der Waals surface area contributed by atoms with Crippen molar-refractivity contribution in [2.45, 2.75) is 18.6 Å². The van der Waals surface area contributed by atoms with E-state index in [1.165, 1.54) is 11.3 Å². The van der Waals surface area contributed by atoms with Crippen molar-refractivity contribution in [2.24, 2.45) is 5.84 Å². The van der Waals surface area contributed by atoms with Crippen LogP contribution >= 0.6 is 11.3 Å². The Morgan fingerprint density at radius 3 is 2.81 bits per heavy atom. The van der Waals surface area contributed by atoms with Gasteiger partial charge in [0.25, 0.3) is 0 Å². The lowest BCUT2D eigenvalue weighted by Crippen LogP contribution is -2.41. The number of alkyl halides is 3. The number of aromatic nitrogens is 1. The number of hydrogen-bond acceptors (Lipinski definition) is 5. The summed E-state index contributed by atoms with van der Waals surface area (Å²) in [6.07, 6.45) is -2.23. The van der Waals surface area contributed by atoms with Gasteiger partial charge in [-0.25, -0.2) is 4.98 Å². The Bertz CT molecular complexity index is 291. The Morgan fingerprint density at radius 1 is 1.56 bits per heavy atom. The molecular weight excluding hydrogens is 243 g/mol. The second-order valence-corrected chi connectivity index (χ2v) is 4.10. The Labute approximate surface area is 94.6 Å². The van der Waals surface area contributed by atoms with Crippen molar-refractivity contribution in [3.8, 4) is 0 Å². The Morgan fingerprint density at radius 2 is 2.31 bits per heavy atom. The molecule has 0 fully saturated rings. The summed E-state index contributed by atoms with van der Waals surface area (Å²) in [5, 5.41) is 2.60. The quantitative estimate of drug-likeness (QED) is 0.590. The first kappa shape index (κ1) is 13.4. The highest BCUT2D eigenvalue weighted by atomic mass is 32.1. The van der Waals surface area contributed by atoms with Gasteiger partial charge in [-0.3, -0.25) is 11.3 Å². The molecule has 0 spiro atoms. The van der Waals surface area contributed by atoms with Crippen LogP contribution in [-0.4, -0.2) is 30.4 Å². The molecule has 0 saturated heterocycles. The molecule has 1 heterocycles. The molecule has 0 aliphatic rings. The minimum absolute atomic E-state index is 0.102. The molecule has 8 heteroatoms. The molecule has 1 unspecified atom stereocenters. The molecule has 3 N–H and O–H groups in total. The van der Waals surface area contributed by atoms with Gasteiger partial charge in [0.05, 0.1) is 17.7 Å². The van der Waals surface area contributed by atoms with Gasteiger partial charge in [-0.2, -0.15) is 13.2 Å². The van der Waals surface area contributed by atoms with Gasteiger partial charge >= 0.3 is 6.18 Å². The summed E-state index contributed by atoms with van der Waals surface area (Å²) in [7, 11) is 0. The number of thiazole rings is 1. The van der Waals surface area contributed by atoms with Crippen molar-refractivity contribution in [3.05, 3.63) is 16.6 Å². The van der Waals surface area contributed by atoms with Crippen LogP contribution in [0, 0.1) is 0 Å². The van der Waals surface area contributed by atoms with Gasteiger partial charge in [0.15, 0.2) is 0 Å².